The van der Waals surface area contributed by atoms with Gasteiger partial charge in [-0.25, -0.2) is 0 Å². The van der Waals surface area contributed by atoms with Gasteiger partial charge in [0.2, 0.25) is 0 Å². The smallest absolute Gasteiger partial charge is 0.186 e. The van der Waals surface area contributed by atoms with Crippen LogP contribution in [0.2, 0.25) is 0 Å². The standard InChI is InChI=1S/C51H84O2/c1-13-19-25-36(7)42-31-33-44(37(8)26-20-14-2)43(35-42)32-34-45(52)50-46(38(9)27-21-15-3)48(40(11)29-23-17-5)51(53)49(41(12)30-24-18-6)47(50)39(10)28-22-16-4/h31-41,53H,13-30H2,1-12H3/b34-32+. The number of hydrogen-bond acceptors (Lipinski definition) is 2. The molecule has 0 spiro atoms. The zero-order valence-corrected chi connectivity index (χ0v) is 36.9. The number of benzene rings is 2. The summed E-state index contributed by atoms with van der Waals surface area (Å²) in [6.07, 6.45) is 24.4. The van der Waals surface area contributed by atoms with E-state index in [1.54, 1.807) is 0 Å². The lowest BCUT2D eigenvalue weighted by Gasteiger charge is -2.33. The minimum absolute atomic E-state index is 0.131. The molecular formula is C51H84O2. The molecule has 2 aromatic rings. The Labute approximate surface area is 329 Å². The molecule has 0 aliphatic rings. The minimum atomic E-state index is 0.131. The Balaban J connectivity index is 3.06. The van der Waals surface area contributed by atoms with Crippen molar-refractivity contribution >= 4 is 11.9 Å². The average molecular weight is 729 g/mol. The van der Waals surface area contributed by atoms with Crippen molar-refractivity contribution in [2.45, 2.75) is 234 Å². The van der Waals surface area contributed by atoms with Gasteiger partial charge >= 0.3 is 0 Å². The largest absolute Gasteiger partial charge is 0.507 e. The van der Waals surface area contributed by atoms with E-state index < -0.39 is 0 Å². The fraction of sp³-hybridized carbons (Fsp3) is 0.706. The van der Waals surface area contributed by atoms with E-state index in [0.29, 0.717) is 17.6 Å². The van der Waals surface area contributed by atoms with Crippen molar-refractivity contribution in [2.24, 2.45) is 0 Å². The number of carbonyl (C=O) groups excluding carboxylic acids is 1. The summed E-state index contributed by atoms with van der Waals surface area (Å²) in [7, 11) is 0. The van der Waals surface area contributed by atoms with E-state index in [1.165, 1.54) is 48.8 Å². The fourth-order valence-corrected chi connectivity index (χ4v) is 8.80. The molecule has 0 radical (unpaired) electrons. The Kier molecular flexibility index (Phi) is 22.0. The second kappa shape index (κ2) is 24.9. The zero-order chi connectivity index (χ0) is 39.5. The first kappa shape index (κ1) is 46.8. The molecule has 0 aliphatic carbocycles. The topological polar surface area (TPSA) is 37.3 Å². The summed E-state index contributed by atoms with van der Waals surface area (Å²) in [4.78, 5) is 15.4. The molecule has 6 unspecified atom stereocenters. The summed E-state index contributed by atoms with van der Waals surface area (Å²) < 4.78 is 0. The molecule has 0 fully saturated rings. The van der Waals surface area contributed by atoms with E-state index >= 15 is 4.79 Å². The van der Waals surface area contributed by atoms with Crippen molar-refractivity contribution in [1.82, 2.24) is 0 Å². The van der Waals surface area contributed by atoms with E-state index in [2.05, 4.69) is 107 Å². The highest BCUT2D eigenvalue weighted by atomic mass is 16.3. The number of aromatic hydroxyl groups is 1. The summed E-state index contributed by atoms with van der Waals surface area (Å²) in [5.74, 6) is 2.33. The van der Waals surface area contributed by atoms with Gasteiger partial charge in [0.1, 0.15) is 5.75 Å². The fourth-order valence-electron chi connectivity index (χ4n) is 8.80. The number of unbranched alkanes of at least 4 members (excludes halogenated alkanes) is 6. The second-order valence-electron chi connectivity index (χ2n) is 17.2. The monoisotopic (exact) mass is 729 g/mol. The van der Waals surface area contributed by atoms with Crippen LogP contribution in [0.15, 0.2) is 24.3 Å². The molecule has 0 amide bonds. The molecule has 300 valence electrons. The Morgan fingerprint density at radius 3 is 1.28 bits per heavy atom. The van der Waals surface area contributed by atoms with Crippen LogP contribution in [0.5, 0.6) is 5.75 Å². The minimum Gasteiger partial charge on any atom is -0.507 e. The molecule has 0 heterocycles. The van der Waals surface area contributed by atoms with Crippen molar-refractivity contribution in [2.75, 3.05) is 0 Å². The molecule has 2 rings (SSSR count). The van der Waals surface area contributed by atoms with Gasteiger partial charge in [-0.1, -0.05) is 184 Å². The number of carbonyl (C=O) groups is 1. The molecule has 2 heteroatoms. The maximum atomic E-state index is 15.4. The first-order valence-corrected chi connectivity index (χ1v) is 22.7. The number of rotatable bonds is 27. The van der Waals surface area contributed by atoms with Crippen molar-refractivity contribution in [3.05, 3.63) is 68.8 Å². The quantitative estimate of drug-likeness (QED) is 0.0734. The number of hydrogen-bond donors (Lipinski definition) is 1. The normalized spacial score (nSPS) is 15.4. The Morgan fingerprint density at radius 2 is 0.887 bits per heavy atom. The highest BCUT2D eigenvalue weighted by molar-refractivity contribution is 6.10. The molecule has 53 heavy (non-hydrogen) atoms. The summed E-state index contributed by atoms with van der Waals surface area (Å²) in [6, 6.07) is 7.11. The molecule has 0 aliphatic heterocycles. The van der Waals surface area contributed by atoms with Crippen molar-refractivity contribution in [3.63, 3.8) is 0 Å². The lowest BCUT2D eigenvalue weighted by Crippen LogP contribution is -2.19. The van der Waals surface area contributed by atoms with Gasteiger partial charge < -0.3 is 5.11 Å². The van der Waals surface area contributed by atoms with Gasteiger partial charge in [-0.2, -0.15) is 0 Å². The van der Waals surface area contributed by atoms with E-state index in [-0.39, 0.29) is 29.5 Å². The number of phenols is 1. The predicted octanol–water partition coefficient (Wildman–Crippen LogP) is 17.1. The van der Waals surface area contributed by atoms with E-state index in [9.17, 15) is 5.11 Å². The summed E-state index contributed by atoms with van der Waals surface area (Å²) >= 11 is 0. The van der Waals surface area contributed by atoms with Crippen LogP contribution in [0.1, 0.15) is 283 Å². The summed E-state index contributed by atoms with van der Waals surface area (Å²) in [5, 5.41) is 12.6. The summed E-state index contributed by atoms with van der Waals surface area (Å²) in [5.41, 5.74) is 9.31. The van der Waals surface area contributed by atoms with E-state index in [0.717, 1.165) is 111 Å². The Morgan fingerprint density at radius 1 is 0.528 bits per heavy atom. The third-order valence-corrected chi connectivity index (χ3v) is 12.4. The molecule has 2 aromatic carbocycles. The first-order valence-electron chi connectivity index (χ1n) is 22.7. The van der Waals surface area contributed by atoms with Gasteiger partial charge in [0.15, 0.2) is 5.78 Å². The summed E-state index contributed by atoms with van der Waals surface area (Å²) in [6.45, 7) is 27.6. The molecule has 0 saturated carbocycles. The first-order chi connectivity index (χ1) is 25.4. The second-order valence-corrected chi connectivity index (χ2v) is 17.2. The zero-order valence-electron chi connectivity index (χ0n) is 36.9. The number of allylic oxidation sites excluding steroid dienone is 1. The van der Waals surface area contributed by atoms with Crippen LogP contribution in [0, 0.1) is 0 Å². The van der Waals surface area contributed by atoms with Crippen LogP contribution in [-0.2, 0) is 0 Å². The SMILES string of the molecule is CCCCC(C)c1ccc(C(C)CCCC)c(/C=C/C(=O)c2c(C(C)CCCC)c(C(C)CCCC)c(O)c(C(C)CCCC)c2C(C)CCCC)c1. The highest BCUT2D eigenvalue weighted by Gasteiger charge is 2.34. The van der Waals surface area contributed by atoms with Gasteiger partial charge in [0.25, 0.3) is 0 Å². The third kappa shape index (κ3) is 13.4. The van der Waals surface area contributed by atoms with Gasteiger partial charge in [-0.3, -0.25) is 4.79 Å². The molecule has 1 N–H and O–H groups in total. The molecule has 6 atom stereocenters. The average Bonchev–Trinajstić information content (AvgIpc) is 3.16. The number of ketones is 1. The van der Waals surface area contributed by atoms with E-state index in [1.807, 2.05) is 6.08 Å². The molecule has 0 bridgehead atoms. The lowest BCUT2D eigenvalue weighted by molar-refractivity contribution is 0.104. The van der Waals surface area contributed by atoms with E-state index in [4.69, 9.17) is 0 Å². The molecule has 2 nitrogen and oxygen atoms in total. The van der Waals surface area contributed by atoms with Gasteiger partial charge in [0.05, 0.1) is 0 Å². The molecular weight excluding hydrogens is 645 g/mol. The van der Waals surface area contributed by atoms with Gasteiger partial charge in [-0.05, 0) is 108 Å². The third-order valence-electron chi connectivity index (χ3n) is 12.4. The lowest BCUT2D eigenvalue weighted by atomic mass is 9.71. The van der Waals surface area contributed by atoms with Crippen LogP contribution in [0.4, 0.5) is 0 Å². The highest BCUT2D eigenvalue weighted by Crippen LogP contribution is 2.50. The molecule has 0 saturated heterocycles. The van der Waals surface area contributed by atoms with Crippen LogP contribution in [0.25, 0.3) is 6.08 Å². The van der Waals surface area contributed by atoms with Crippen molar-refractivity contribution in [3.8, 4) is 5.75 Å². The van der Waals surface area contributed by atoms with Gasteiger partial charge in [0, 0.05) is 16.7 Å². The maximum Gasteiger partial charge on any atom is 0.186 e. The van der Waals surface area contributed by atoms with Crippen molar-refractivity contribution < 1.29 is 9.90 Å². The van der Waals surface area contributed by atoms with Crippen LogP contribution >= 0.6 is 0 Å². The number of phenolic OH excluding ortho intramolecular Hbond substituents is 1. The van der Waals surface area contributed by atoms with Crippen LogP contribution < -0.4 is 0 Å². The van der Waals surface area contributed by atoms with Gasteiger partial charge in [-0.15, -0.1) is 0 Å². The molecule has 0 aromatic heterocycles. The Hall–Kier alpha value is -2.35. The van der Waals surface area contributed by atoms with Crippen molar-refractivity contribution in [1.29, 1.82) is 0 Å². The van der Waals surface area contributed by atoms with Crippen LogP contribution in [-0.4, -0.2) is 10.9 Å². The predicted molar refractivity (Wildman–Crippen MR) is 236 cm³/mol. The maximum absolute atomic E-state index is 15.4. The van der Waals surface area contributed by atoms with Crippen LogP contribution in [0.3, 0.4) is 0 Å². The Bertz CT molecular complexity index is 1330.